The monoisotopic (exact) mass is 172 g/mol. The van der Waals surface area contributed by atoms with Gasteiger partial charge in [0.1, 0.15) is 6.10 Å². The Balaban J connectivity index is 1.93. The molecule has 0 N–H and O–H groups in total. The molecule has 1 rings (SSSR count). The van der Waals surface area contributed by atoms with Gasteiger partial charge in [0.05, 0.1) is 12.7 Å². The molecule has 1 fully saturated rings. The van der Waals surface area contributed by atoms with Gasteiger partial charge in [0.15, 0.2) is 0 Å². The van der Waals surface area contributed by atoms with Crippen molar-refractivity contribution in [2.24, 2.45) is 0 Å². The summed E-state index contributed by atoms with van der Waals surface area (Å²) in [6, 6.07) is 0. The maximum absolute atomic E-state index is 5.39. The van der Waals surface area contributed by atoms with Gasteiger partial charge >= 0.3 is 0 Å². The van der Waals surface area contributed by atoms with E-state index in [-0.39, 0.29) is 0 Å². The minimum Gasteiger partial charge on any atom is -0.376 e. The molecule has 72 valence electrons. The lowest BCUT2D eigenvalue weighted by molar-refractivity contribution is -0.178. The van der Waals surface area contributed by atoms with Crippen molar-refractivity contribution in [3.63, 3.8) is 0 Å². The van der Waals surface area contributed by atoms with E-state index in [0.717, 1.165) is 6.61 Å². The molecule has 0 amide bonds. The highest BCUT2D eigenvalue weighted by atomic mass is 16.6. The molecule has 0 saturated carbocycles. The summed E-state index contributed by atoms with van der Waals surface area (Å²) in [5.74, 6) is 0. The first-order chi connectivity index (χ1) is 5.88. The molecular weight excluding hydrogens is 152 g/mol. The van der Waals surface area contributed by atoms with E-state index in [1.54, 1.807) is 7.11 Å². The fraction of sp³-hybridized carbons (Fsp3) is 1.00. The predicted molar refractivity (Wildman–Crippen MR) is 49.3 cm³/mol. The fourth-order valence-corrected chi connectivity index (χ4v) is 1.57. The second-order valence-corrected chi connectivity index (χ2v) is 3.50. The van der Waals surface area contributed by atoms with Gasteiger partial charge in [-0.1, -0.05) is 32.6 Å². The number of unbranched alkanes of at least 4 members (excludes halogenated alkanes) is 3. The Morgan fingerprint density at radius 3 is 2.67 bits per heavy atom. The molecule has 1 aliphatic heterocycles. The SMILES string of the molecule is CCCCCC[C@@H]1OC[C@H]1OC. The summed E-state index contributed by atoms with van der Waals surface area (Å²) in [5, 5.41) is 0. The van der Waals surface area contributed by atoms with Crippen molar-refractivity contribution in [2.75, 3.05) is 13.7 Å². The van der Waals surface area contributed by atoms with E-state index in [2.05, 4.69) is 6.92 Å². The molecule has 1 heterocycles. The third-order valence-electron chi connectivity index (χ3n) is 2.53. The fourth-order valence-electron chi connectivity index (χ4n) is 1.57. The van der Waals surface area contributed by atoms with E-state index in [4.69, 9.17) is 9.47 Å². The third-order valence-corrected chi connectivity index (χ3v) is 2.53. The minimum absolute atomic E-state index is 0.381. The van der Waals surface area contributed by atoms with Gasteiger partial charge in [-0.2, -0.15) is 0 Å². The largest absolute Gasteiger partial charge is 0.376 e. The highest BCUT2D eigenvalue weighted by Gasteiger charge is 2.30. The van der Waals surface area contributed by atoms with Gasteiger partial charge in [0, 0.05) is 7.11 Å². The topological polar surface area (TPSA) is 18.5 Å². The Morgan fingerprint density at radius 1 is 1.33 bits per heavy atom. The van der Waals surface area contributed by atoms with E-state index < -0.39 is 0 Å². The van der Waals surface area contributed by atoms with Crippen molar-refractivity contribution in [2.45, 2.75) is 51.2 Å². The van der Waals surface area contributed by atoms with Crippen molar-refractivity contribution in [1.29, 1.82) is 0 Å². The molecule has 0 unspecified atom stereocenters. The van der Waals surface area contributed by atoms with E-state index in [0.29, 0.717) is 12.2 Å². The lowest BCUT2D eigenvalue weighted by Crippen LogP contribution is -2.45. The van der Waals surface area contributed by atoms with Crippen molar-refractivity contribution in [1.82, 2.24) is 0 Å². The van der Waals surface area contributed by atoms with Crippen LogP contribution in [0.15, 0.2) is 0 Å². The number of rotatable bonds is 6. The molecule has 0 aromatic carbocycles. The first kappa shape index (κ1) is 10.0. The van der Waals surface area contributed by atoms with E-state index in [1.807, 2.05) is 0 Å². The molecule has 0 spiro atoms. The van der Waals surface area contributed by atoms with E-state index in [9.17, 15) is 0 Å². The maximum atomic E-state index is 5.39. The van der Waals surface area contributed by atoms with Gasteiger partial charge in [-0.25, -0.2) is 0 Å². The Morgan fingerprint density at radius 2 is 2.17 bits per heavy atom. The van der Waals surface area contributed by atoms with Crippen molar-refractivity contribution < 1.29 is 9.47 Å². The van der Waals surface area contributed by atoms with Gasteiger partial charge in [0.25, 0.3) is 0 Å². The summed E-state index contributed by atoms with van der Waals surface area (Å²) >= 11 is 0. The van der Waals surface area contributed by atoms with Crippen LogP contribution < -0.4 is 0 Å². The van der Waals surface area contributed by atoms with Crippen LogP contribution in [0.3, 0.4) is 0 Å². The standard InChI is InChI=1S/C10H20O2/c1-3-4-5-6-7-9-10(11-2)8-12-9/h9-10H,3-8H2,1-2H3/t9-,10+/m0/s1. The van der Waals surface area contributed by atoms with Gasteiger partial charge in [-0.05, 0) is 6.42 Å². The normalized spacial score (nSPS) is 28.5. The molecule has 0 aliphatic carbocycles. The Labute approximate surface area is 75.2 Å². The Kier molecular flexibility index (Phi) is 4.62. The lowest BCUT2D eigenvalue weighted by Gasteiger charge is -2.35. The van der Waals surface area contributed by atoms with Crippen LogP contribution in [0.2, 0.25) is 0 Å². The van der Waals surface area contributed by atoms with Crippen LogP contribution >= 0.6 is 0 Å². The average molecular weight is 172 g/mol. The molecule has 0 aromatic rings. The summed E-state index contributed by atoms with van der Waals surface area (Å²) < 4.78 is 10.6. The average Bonchev–Trinajstić information content (AvgIpc) is 2.03. The second-order valence-electron chi connectivity index (χ2n) is 3.50. The number of hydrogen-bond acceptors (Lipinski definition) is 2. The summed E-state index contributed by atoms with van der Waals surface area (Å²) in [6.45, 7) is 3.03. The Bertz CT molecular complexity index is 112. The lowest BCUT2D eigenvalue weighted by atomic mass is 10.0. The summed E-state index contributed by atoms with van der Waals surface area (Å²) in [7, 11) is 1.77. The predicted octanol–water partition coefficient (Wildman–Crippen LogP) is 2.37. The summed E-state index contributed by atoms with van der Waals surface area (Å²) in [6.07, 6.45) is 7.24. The zero-order chi connectivity index (χ0) is 8.81. The highest BCUT2D eigenvalue weighted by molar-refractivity contribution is 4.78. The Hall–Kier alpha value is -0.0800. The summed E-state index contributed by atoms with van der Waals surface area (Å²) in [5.41, 5.74) is 0. The van der Waals surface area contributed by atoms with E-state index >= 15 is 0 Å². The van der Waals surface area contributed by atoms with Crippen LogP contribution in [0.25, 0.3) is 0 Å². The number of hydrogen-bond donors (Lipinski definition) is 0. The van der Waals surface area contributed by atoms with Crippen LogP contribution in [0.4, 0.5) is 0 Å². The van der Waals surface area contributed by atoms with Crippen molar-refractivity contribution >= 4 is 0 Å². The minimum atomic E-state index is 0.381. The van der Waals surface area contributed by atoms with Gasteiger partial charge in [0.2, 0.25) is 0 Å². The third kappa shape index (κ3) is 2.76. The molecule has 2 atom stereocenters. The highest BCUT2D eigenvalue weighted by Crippen LogP contribution is 2.21. The smallest absolute Gasteiger partial charge is 0.107 e. The van der Waals surface area contributed by atoms with Crippen LogP contribution in [0.1, 0.15) is 39.0 Å². The molecule has 1 saturated heterocycles. The molecule has 1 aliphatic rings. The molecule has 0 bridgehead atoms. The molecule has 0 radical (unpaired) electrons. The first-order valence-electron chi connectivity index (χ1n) is 5.03. The summed E-state index contributed by atoms with van der Waals surface area (Å²) in [4.78, 5) is 0. The van der Waals surface area contributed by atoms with Crippen LogP contribution in [-0.4, -0.2) is 25.9 Å². The molecule has 12 heavy (non-hydrogen) atoms. The molecule has 2 nitrogen and oxygen atoms in total. The number of methoxy groups -OCH3 is 1. The zero-order valence-corrected chi connectivity index (χ0v) is 8.21. The molecule has 0 aromatic heterocycles. The quantitative estimate of drug-likeness (QED) is 0.573. The van der Waals surface area contributed by atoms with Gasteiger partial charge < -0.3 is 9.47 Å². The zero-order valence-electron chi connectivity index (χ0n) is 8.21. The molecular formula is C10H20O2. The van der Waals surface area contributed by atoms with Gasteiger partial charge in [-0.3, -0.25) is 0 Å². The van der Waals surface area contributed by atoms with Gasteiger partial charge in [-0.15, -0.1) is 0 Å². The van der Waals surface area contributed by atoms with E-state index in [1.165, 1.54) is 32.1 Å². The van der Waals surface area contributed by atoms with Crippen molar-refractivity contribution in [3.8, 4) is 0 Å². The number of ether oxygens (including phenoxy) is 2. The van der Waals surface area contributed by atoms with Crippen LogP contribution in [-0.2, 0) is 9.47 Å². The maximum Gasteiger partial charge on any atom is 0.107 e. The van der Waals surface area contributed by atoms with Crippen molar-refractivity contribution in [3.05, 3.63) is 0 Å². The van der Waals surface area contributed by atoms with Crippen LogP contribution in [0, 0.1) is 0 Å². The van der Waals surface area contributed by atoms with Crippen LogP contribution in [0.5, 0.6) is 0 Å². The molecule has 2 heteroatoms. The first-order valence-corrected chi connectivity index (χ1v) is 5.03. The second kappa shape index (κ2) is 5.55.